The van der Waals surface area contributed by atoms with Crippen LogP contribution >= 0.6 is 15.9 Å². The van der Waals surface area contributed by atoms with E-state index in [0.717, 1.165) is 0 Å². The maximum Gasteiger partial charge on any atom is 0.418 e. The molecular formula is C8H2BrF5N2. The van der Waals surface area contributed by atoms with Gasteiger partial charge in [-0.2, -0.15) is 18.4 Å². The highest BCUT2D eigenvalue weighted by atomic mass is 79.9. The largest absolute Gasteiger partial charge is 0.418 e. The first-order valence-electron chi connectivity index (χ1n) is 3.73. The number of nitrogens with zero attached hydrogens (tertiary/aromatic N) is 2. The van der Waals surface area contributed by atoms with E-state index in [0.29, 0.717) is 0 Å². The number of pyridine rings is 1. The number of rotatable bonds is 1. The number of halogens is 6. The molecule has 0 aliphatic rings. The third-order valence-corrected chi connectivity index (χ3v) is 2.31. The first kappa shape index (κ1) is 12.8. The Balaban J connectivity index is 3.60. The zero-order valence-electron chi connectivity index (χ0n) is 7.32. The van der Waals surface area contributed by atoms with Gasteiger partial charge >= 0.3 is 6.18 Å². The highest BCUT2D eigenvalue weighted by Crippen LogP contribution is 2.39. The fourth-order valence-electron chi connectivity index (χ4n) is 1.06. The SMILES string of the molecule is N#Cc1c(Br)ncc(C(F)(F)F)c1C(F)F. The lowest BCUT2D eigenvalue weighted by Crippen LogP contribution is -2.12. The minimum atomic E-state index is -4.97. The Bertz CT molecular complexity index is 449. The van der Waals surface area contributed by atoms with E-state index in [-0.39, 0.29) is 10.8 Å². The molecule has 16 heavy (non-hydrogen) atoms. The van der Waals surface area contributed by atoms with Gasteiger partial charge in [0.15, 0.2) is 0 Å². The molecule has 0 radical (unpaired) electrons. The maximum atomic E-state index is 12.5. The quantitative estimate of drug-likeness (QED) is 0.586. The lowest BCUT2D eigenvalue weighted by atomic mass is 10.1. The molecule has 0 aromatic carbocycles. The molecule has 0 spiro atoms. The van der Waals surface area contributed by atoms with Gasteiger partial charge in [-0.3, -0.25) is 0 Å². The minimum absolute atomic E-state index is 0.270. The van der Waals surface area contributed by atoms with Crippen LogP contribution in [0.2, 0.25) is 0 Å². The van der Waals surface area contributed by atoms with E-state index >= 15 is 0 Å². The van der Waals surface area contributed by atoms with E-state index in [1.165, 1.54) is 6.07 Å². The summed E-state index contributed by atoms with van der Waals surface area (Å²) in [7, 11) is 0. The van der Waals surface area contributed by atoms with Crippen LogP contribution in [0.5, 0.6) is 0 Å². The van der Waals surface area contributed by atoms with Crippen molar-refractivity contribution in [2.24, 2.45) is 0 Å². The Morgan fingerprint density at radius 1 is 1.38 bits per heavy atom. The zero-order valence-corrected chi connectivity index (χ0v) is 8.90. The van der Waals surface area contributed by atoms with E-state index in [9.17, 15) is 22.0 Å². The van der Waals surface area contributed by atoms with Crippen molar-refractivity contribution in [1.29, 1.82) is 5.26 Å². The van der Waals surface area contributed by atoms with Crippen LogP contribution in [0.4, 0.5) is 22.0 Å². The molecule has 0 amide bonds. The summed E-state index contributed by atoms with van der Waals surface area (Å²) in [5.74, 6) is 0. The molecule has 86 valence electrons. The van der Waals surface area contributed by atoms with Gasteiger partial charge in [0.05, 0.1) is 16.7 Å². The number of aromatic nitrogens is 1. The van der Waals surface area contributed by atoms with Crippen LogP contribution in [0, 0.1) is 11.3 Å². The molecule has 0 aliphatic carbocycles. The summed E-state index contributed by atoms with van der Waals surface area (Å²) in [6.07, 6.45) is -8.09. The lowest BCUT2D eigenvalue weighted by Gasteiger charge is -2.13. The standard InChI is InChI=1S/C8H2BrF5N2/c9-6-3(1-15)5(7(10)11)4(2-16-6)8(12,13)14/h2,7H. The number of alkyl halides is 5. The van der Waals surface area contributed by atoms with E-state index < -0.39 is 29.3 Å². The van der Waals surface area contributed by atoms with Crippen molar-refractivity contribution in [3.63, 3.8) is 0 Å². The lowest BCUT2D eigenvalue weighted by molar-refractivity contribution is -0.139. The van der Waals surface area contributed by atoms with Crippen molar-refractivity contribution < 1.29 is 22.0 Å². The Labute approximate surface area is 94.8 Å². The maximum absolute atomic E-state index is 12.5. The second-order valence-electron chi connectivity index (χ2n) is 2.66. The molecule has 0 saturated heterocycles. The van der Waals surface area contributed by atoms with Crippen LogP contribution in [0.3, 0.4) is 0 Å². The molecule has 0 atom stereocenters. The van der Waals surface area contributed by atoms with Crippen molar-refractivity contribution in [2.45, 2.75) is 12.6 Å². The van der Waals surface area contributed by atoms with E-state index in [1.54, 1.807) is 0 Å². The molecule has 1 aromatic heterocycles. The molecule has 0 bridgehead atoms. The molecule has 8 heteroatoms. The topological polar surface area (TPSA) is 36.7 Å². The van der Waals surface area contributed by atoms with Crippen LogP contribution in [-0.4, -0.2) is 4.98 Å². The summed E-state index contributed by atoms with van der Waals surface area (Å²) in [5, 5.41) is 8.52. The zero-order chi connectivity index (χ0) is 12.5. The van der Waals surface area contributed by atoms with E-state index in [2.05, 4.69) is 20.9 Å². The van der Waals surface area contributed by atoms with Crippen LogP contribution in [0.15, 0.2) is 10.8 Å². The average molecular weight is 301 g/mol. The Morgan fingerprint density at radius 2 is 1.94 bits per heavy atom. The molecular weight excluding hydrogens is 299 g/mol. The van der Waals surface area contributed by atoms with Gasteiger partial charge in [-0.15, -0.1) is 0 Å². The summed E-state index contributed by atoms with van der Waals surface area (Å²) >= 11 is 2.64. The normalized spacial score (nSPS) is 11.6. The predicted molar refractivity (Wildman–Crippen MR) is 46.6 cm³/mol. The monoisotopic (exact) mass is 300 g/mol. The summed E-state index contributed by atoms with van der Waals surface area (Å²) in [6.45, 7) is 0. The van der Waals surface area contributed by atoms with Gasteiger partial charge in [0, 0.05) is 6.20 Å². The number of nitriles is 1. The van der Waals surface area contributed by atoms with Gasteiger partial charge in [-0.05, 0) is 15.9 Å². The first-order chi connectivity index (χ1) is 7.29. The molecule has 0 unspecified atom stereocenters. The summed E-state index contributed by atoms with van der Waals surface area (Å²) < 4.78 is 61.7. The predicted octanol–water partition coefficient (Wildman–Crippen LogP) is 3.67. The highest BCUT2D eigenvalue weighted by Gasteiger charge is 2.38. The van der Waals surface area contributed by atoms with Crippen molar-refractivity contribution in [1.82, 2.24) is 4.98 Å². The van der Waals surface area contributed by atoms with Gasteiger partial charge in [0.25, 0.3) is 6.43 Å². The van der Waals surface area contributed by atoms with Crippen molar-refractivity contribution >= 4 is 15.9 Å². The Kier molecular flexibility index (Phi) is 3.48. The molecule has 0 aliphatic heterocycles. The molecule has 0 fully saturated rings. The molecule has 1 rings (SSSR count). The van der Waals surface area contributed by atoms with Crippen molar-refractivity contribution in [2.75, 3.05) is 0 Å². The smallest absolute Gasteiger partial charge is 0.247 e. The third kappa shape index (κ3) is 2.29. The molecule has 0 saturated carbocycles. The van der Waals surface area contributed by atoms with E-state index in [1.807, 2.05) is 0 Å². The molecule has 0 N–H and O–H groups in total. The first-order valence-corrected chi connectivity index (χ1v) is 4.52. The molecule has 1 aromatic rings. The molecule has 2 nitrogen and oxygen atoms in total. The summed E-state index contributed by atoms with van der Waals surface area (Å²) in [5.41, 5.74) is -3.75. The Morgan fingerprint density at radius 3 is 2.31 bits per heavy atom. The van der Waals surface area contributed by atoms with Gasteiger partial charge in [0.1, 0.15) is 10.7 Å². The second-order valence-corrected chi connectivity index (χ2v) is 3.41. The average Bonchev–Trinajstić information content (AvgIpc) is 2.14. The van der Waals surface area contributed by atoms with Crippen molar-refractivity contribution in [3.05, 3.63) is 27.5 Å². The minimum Gasteiger partial charge on any atom is -0.247 e. The van der Waals surface area contributed by atoms with Crippen molar-refractivity contribution in [3.8, 4) is 6.07 Å². The summed E-state index contributed by atoms with van der Waals surface area (Å²) in [4.78, 5) is 3.20. The Hall–Kier alpha value is -1.23. The highest BCUT2D eigenvalue weighted by molar-refractivity contribution is 9.10. The van der Waals surface area contributed by atoms with E-state index in [4.69, 9.17) is 5.26 Å². The third-order valence-electron chi connectivity index (χ3n) is 1.71. The fraction of sp³-hybridized carbons (Fsp3) is 0.250. The van der Waals surface area contributed by atoms with Gasteiger partial charge < -0.3 is 0 Å². The van der Waals surface area contributed by atoms with Gasteiger partial charge in [-0.1, -0.05) is 0 Å². The van der Waals surface area contributed by atoms with Crippen LogP contribution in [-0.2, 0) is 6.18 Å². The van der Waals surface area contributed by atoms with Crippen LogP contribution < -0.4 is 0 Å². The second kappa shape index (κ2) is 4.33. The summed E-state index contributed by atoms with van der Waals surface area (Å²) in [6, 6.07) is 1.27. The van der Waals surface area contributed by atoms with Crippen LogP contribution in [0.1, 0.15) is 23.1 Å². The van der Waals surface area contributed by atoms with Gasteiger partial charge in [-0.25, -0.2) is 13.8 Å². The number of hydrogen-bond donors (Lipinski definition) is 0. The van der Waals surface area contributed by atoms with Gasteiger partial charge in [0.2, 0.25) is 0 Å². The van der Waals surface area contributed by atoms with Crippen LogP contribution in [0.25, 0.3) is 0 Å². The number of hydrogen-bond acceptors (Lipinski definition) is 2. The molecule has 1 heterocycles. The fourth-order valence-corrected chi connectivity index (χ4v) is 1.46.